The molecule has 0 aliphatic carbocycles. The molecule has 4 heterocycles. The van der Waals surface area contributed by atoms with E-state index in [2.05, 4.69) is 43.8 Å². The van der Waals surface area contributed by atoms with Gasteiger partial charge < -0.3 is 50.1 Å². The van der Waals surface area contributed by atoms with Gasteiger partial charge in [-0.1, -0.05) is 57.2 Å². The lowest BCUT2D eigenvalue weighted by atomic mass is 9.85. The molecule has 16 nitrogen and oxygen atoms in total. The second-order valence-corrected chi connectivity index (χ2v) is 21.4. The third-order valence-corrected chi connectivity index (χ3v) is 14.9. The van der Waals surface area contributed by atoms with Crippen molar-refractivity contribution in [1.29, 1.82) is 0 Å². The fourth-order valence-electron chi connectivity index (χ4n) is 9.77. The highest BCUT2D eigenvalue weighted by Gasteiger charge is 2.44. The molecule has 2 saturated heterocycles. The number of aryl methyl sites for hydroxylation is 3. The molecule has 3 atom stereocenters. The van der Waals surface area contributed by atoms with Crippen LogP contribution in [0.1, 0.15) is 104 Å². The van der Waals surface area contributed by atoms with Crippen molar-refractivity contribution >= 4 is 40.7 Å². The van der Waals surface area contributed by atoms with Gasteiger partial charge in [0.25, 0.3) is 11.5 Å². The van der Waals surface area contributed by atoms with Crippen molar-refractivity contribution in [3.05, 3.63) is 122 Å². The minimum Gasteiger partial charge on any atom is -0.494 e. The number of aliphatic hydroxyl groups excluding tert-OH is 1. The predicted molar refractivity (Wildman–Crippen MR) is 288 cm³/mol. The van der Waals surface area contributed by atoms with Crippen molar-refractivity contribution in [3.8, 4) is 27.3 Å². The zero-order valence-electron chi connectivity index (χ0n) is 44.1. The van der Waals surface area contributed by atoms with Gasteiger partial charge in [-0.05, 0) is 129 Å². The Morgan fingerprint density at radius 3 is 2.28 bits per heavy atom. The van der Waals surface area contributed by atoms with Crippen molar-refractivity contribution < 1.29 is 38.5 Å². The molecular formula is C57H73N7O9S. The van der Waals surface area contributed by atoms with Crippen molar-refractivity contribution in [3.63, 3.8) is 0 Å². The van der Waals surface area contributed by atoms with Crippen molar-refractivity contribution in [1.82, 2.24) is 30.8 Å². The van der Waals surface area contributed by atoms with E-state index in [-0.39, 0.29) is 56.1 Å². The van der Waals surface area contributed by atoms with Crippen LogP contribution in [-0.4, -0.2) is 114 Å². The van der Waals surface area contributed by atoms with Crippen molar-refractivity contribution in [2.45, 2.75) is 125 Å². The van der Waals surface area contributed by atoms with E-state index in [0.29, 0.717) is 56.1 Å². The Morgan fingerprint density at radius 2 is 1.62 bits per heavy atom. The largest absolute Gasteiger partial charge is 0.494 e. The number of nitrogens with one attached hydrogen (secondary N) is 4. The number of likely N-dealkylation sites (tertiary alicyclic amines) is 1. The van der Waals surface area contributed by atoms with E-state index in [1.54, 1.807) is 11.3 Å². The lowest BCUT2D eigenvalue weighted by Crippen LogP contribution is -2.58. The summed E-state index contributed by atoms with van der Waals surface area (Å²) in [5.74, 6) is -0.836. The Hall–Kier alpha value is -6.40. The highest BCUT2D eigenvalue weighted by atomic mass is 32.1. The molecule has 0 bridgehead atoms. The summed E-state index contributed by atoms with van der Waals surface area (Å²) in [4.78, 5) is 79.5. The number of carbonyl (C=O) groups excluding carboxylic acids is 4. The monoisotopic (exact) mass is 1030 g/mol. The molecule has 5 N–H and O–H groups in total. The molecule has 7 rings (SSSR count). The van der Waals surface area contributed by atoms with E-state index in [1.807, 2.05) is 115 Å². The molecule has 2 aromatic heterocycles. The van der Waals surface area contributed by atoms with Gasteiger partial charge in [0.2, 0.25) is 17.7 Å². The van der Waals surface area contributed by atoms with Crippen LogP contribution < -0.4 is 31.1 Å². The van der Waals surface area contributed by atoms with Crippen LogP contribution in [0.25, 0.3) is 21.6 Å². The fraction of sp³-hybridized carbons (Fsp3) is 0.474. The third kappa shape index (κ3) is 14.0. The molecule has 3 aromatic carbocycles. The Labute approximate surface area is 438 Å². The summed E-state index contributed by atoms with van der Waals surface area (Å²) in [6.45, 7) is 18.3. The molecular weight excluding hydrogens is 959 g/mol. The number of ether oxygens (including phenoxy) is 3. The number of rotatable bonds is 21. The fourth-order valence-corrected chi connectivity index (χ4v) is 10.6. The van der Waals surface area contributed by atoms with Crippen LogP contribution >= 0.6 is 11.3 Å². The number of thiazole rings is 1. The molecule has 0 unspecified atom stereocenters. The Morgan fingerprint density at radius 1 is 0.919 bits per heavy atom. The number of pyridine rings is 1. The van der Waals surface area contributed by atoms with Gasteiger partial charge in [-0.3, -0.25) is 24.0 Å². The van der Waals surface area contributed by atoms with E-state index in [4.69, 9.17) is 14.2 Å². The van der Waals surface area contributed by atoms with E-state index in [0.717, 1.165) is 74.7 Å². The maximum Gasteiger partial charge on any atom is 0.253 e. The van der Waals surface area contributed by atoms with Gasteiger partial charge in [0.05, 0.1) is 28.8 Å². The Kier molecular flexibility index (Phi) is 18.9. The van der Waals surface area contributed by atoms with Crippen LogP contribution in [0, 0.1) is 33.1 Å². The number of unbranched alkanes of at least 4 members (excludes halogenated alkanes) is 1. The first-order chi connectivity index (χ1) is 35.4. The smallest absolute Gasteiger partial charge is 0.253 e. The van der Waals surface area contributed by atoms with Crippen LogP contribution in [0.4, 0.5) is 5.69 Å². The Bertz CT molecular complexity index is 2800. The summed E-state index contributed by atoms with van der Waals surface area (Å²) in [5, 5.41) is 19.4. The molecule has 4 amide bonds. The van der Waals surface area contributed by atoms with Crippen molar-refractivity contribution in [2.24, 2.45) is 5.41 Å². The highest BCUT2D eigenvalue weighted by molar-refractivity contribution is 7.13. The first-order valence-electron chi connectivity index (χ1n) is 25.7. The number of benzene rings is 3. The summed E-state index contributed by atoms with van der Waals surface area (Å²) in [5.41, 5.74) is 10.1. The summed E-state index contributed by atoms with van der Waals surface area (Å²) in [7, 11) is 0. The molecule has 5 aromatic rings. The first-order valence-corrected chi connectivity index (χ1v) is 26.6. The van der Waals surface area contributed by atoms with Gasteiger partial charge >= 0.3 is 0 Å². The summed E-state index contributed by atoms with van der Waals surface area (Å²) in [6.07, 6.45) is 2.30. The SMILES string of the molecule is CCN(c1cc(-c2ccc(OCCCCOCC(=O)N[C@H](C(=O)N3C[C@H](O)C[C@H]3C(=O)NCc3ccc(-c4scnc4C)cc3)C(C)(C)C)cc2)cc(C(=O)NCc2c(C)cc(C)[nH]c2=O)c1C)C1CCOCC1. The van der Waals surface area contributed by atoms with Gasteiger partial charge in [-0.25, -0.2) is 4.98 Å². The topological polar surface area (TPSA) is 205 Å². The molecule has 2 fully saturated rings. The molecule has 0 saturated carbocycles. The number of hydrogen-bond donors (Lipinski definition) is 5. The van der Waals surface area contributed by atoms with Crippen molar-refractivity contribution in [2.75, 3.05) is 51.0 Å². The average molecular weight is 1030 g/mol. The zero-order valence-corrected chi connectivity index (χ0v) is 44.9. The van der Waals surface area contributed by atoms with Crippen LogP contribution in [0.2, 0.25) is 0 Å². The lowest BCUT2D eigenvalue weighted by Gasteiger charge is -2.37. The third-order valence-electron chi connectivity index (χ3n) is 13.9. The maximum atomic E-state index is 14.1. The number of amides is 4. The normalized spacial score (nSPS) is 16.4. The van der Waals surface area contributed by atoms with E-state index >= 15 is 0 Å². The number of anilines is 1. The molecule has 0 radical (unpaired) electrons. The highest BCUT2D eigenvalue weighted by Crippen LogP contribution is 2.35. The van der Waals surface area contributed by atoms with Gasteiger partial charge in [-0.2, -0.15) is 0 Å². The molecule has 2 aliphatic rings. The number of aromatic amines is 1. The molecule has 17 heteroatoms. The number of aromatic nitrogens is 2. The Balaban J connectivity index is 0.888. The second kappa shape index (κ2) is 25.2. The average Bonchev–Trinajstić information content (AvgIpc) is 4.00. The maximum absolute atomic E-state index is 14.1. The minimum absolute atomic E-state index is 0.0182. The summed E-state index contributed by atoms with van der Waals surface area (Å²) >= 11 is 1.57. The summed E-state index contributed by atoms with van der Waals surface area (Å²) < 4.78 is 17.5. The standard InChI is InChI=1S/C57H73N7O9S/c1-9-63(43-20-24-71-25-21-43)48-28-42(27-46(37(48)4)53(67)59-31-47-35(2)26-36(3)61-54(47)68)40-16-18-45(19-17-40)73-23-11-10-22-72-33-50(66)62-52(57(6,7)8)56(70)64-32-44(65)29-49(64)55(69)58-30-39-12-14-41(15-13-39)51-38(5)60-34-74-51/h12-19,26-28,34,43-44,49,52,65H,9-11,20-25,29-33H2,1-8H3,(H,58,69)(H,59,67)(H,61,68)(H,62,66)/t44-,49+,52-/m1/s1. The predicted octanol–water partition coefficient (Wildman–Crippen LogP) is 7.32. The molecule has 74 heavy (non-hydrogen) atoms. The molecule has 2 aliphatic heterocycles. The van der Waals surface area contributed by atoms with Crippen LogP contribution in [0.15, 0.2) is 77.0 Å². The number of hydrogen-bond acceptors (Lipinski definition) is 12. The number of aliphatic hydroxyl groups is 1. The molecule has 396 valence electrons. The minimum atomic E-state index is -0.966. The van der Waals surface area contributed by atoms with Gasteiger partial charge in [-0.15, -0.1) is 11.3 Å². The van der Waals surface area contributed by atoms with E-state index in [9.17, 15) is 29.1 Å². The number of carbonyl (C=O) groups is 4. The van der Waals surface area contributed by atoms with Crippen LogP contribution in [0.5, 0.6) is 5.75 Å². The quantitative estimate of drug-likeness (QED) is 0.0461. The lowest BCUT2D eigenvalue weighted by molar-refractivity contribution is -0.144. The van der Waals surface area contributed by atoms with Gasteiger partial charge in [0, 0.05) is 81.0 Å². The van der Waals surface area contributed by atoms with Gasteiger partial charge in [0.15, 0.2) is 0 Å². The summed E-state index contributed by atoms with van der Waals surface area (Å²) in [6, 6.07) is 20.1. The van der Waals surface area contributed by atoms with Crippen LogP contribution in [-0.2, 0) is 36.9 Å². The second-order valence-electron chi connectivity index (χ2n) is 20.5. The first kappa shape index (κ1) is 55.4. The zero-order chi connectivity index (χ0) is 53.1. The van der Waals surface area contributed by atoms with E-state index < -0.39 is 35.4 Å². The number of H-pyrrole nitrogens is 1. The van der Waals surface area contributed by atoms with Crippen LogP contribution in [0.3, 0.4) is 0 Å². The van der Waals surface area contributed by atoms with Gasteiger partial charge in [0.1, 0.15) is 24.4 Å². The number of nitrogens with zero attached hydrogens (tertiary/aromatic N) is 3. The molecule has 0 spiro atoms. The number of β-amino-alcohol motifs (C(OH)–C–C–N with tert-alkyl or cyclic N) is 1. The van der Waals surface area contributed by atoms with E-state index in [1.165, 1.54) is 4.90 Å².